The standard InChI is InChI=1S/C25H27ClN4O6/c1-15(2)36-19-10-8-18(9-11-19)28-25-29-23(33)21(22(32)27-13-12-20(31)35-3)24(34)30(25)14-16-4-6-17(26)7-5-16/h4-11,15,33H,12-14H2,1-3H3,(H,27,32)(H,28,29). The molecule has 0 fully saturated rings. The van der Waals surface area contributed by atoms with Gasteiger partial charge >= 0.3 is 5.97 Å². The number of aromatic hydroxyl groups is 1. The summed E-state index contributed by atoms with van der Waals surface area (Å²) in [5, 5.41) is 16.5. The quantitative estimate of drug-likeness (QED) is 0.350. The summed E-state index contributed by atoms with van der Waals surface area (Å²) in [5.74, 6) is -1.44. The zero-order valence-corrected chi connectivity index (χ0v) is 20.8. The van der Waals surface area contributed by atoms with Crippen molar-refractivity contribution in [2.45, 2.75) is 32.9 Å². The lowest BCUT2D eigenvalue weighted by Crippen LogP contribution is -2.35. The molecule has 10 nitrogen and oxygen atoms in total. The Kier molecular flexibility index (Phi) is 8.91. The highest BCUT2D eigenvalue weighted by Crippen LogP contribution is 2.22. The van der Waals surface area contributed by atoms with Crippen LogP contribution in [0.25, 0.3) is 0 Å². The second kappa shape index (κ2) is 12.1. The Morgan fingerprint density at radius 3 is 2.39 bits per heavy atom. The van der Waals surface area contributed by atoms with Crippen molar-refractivity contribution in [2.75, 3.05) is 19.0 Å². The van der Waals surface area contributed by atoms with Crippen molar-refractivity contribution in [2.24, 2.45) is 0 Å². The summed E-state index contributed by atoms with van der Waals surface area (Å²) >= 11 is 5.98. The number of halogens is 1. The number of ether oxygens (including phenoxy) is 2. The molecule has 0 aliphatic rings. The zero-order chi connectivity index (χ0) is 26.2. The number of amides is 1. The minimum Gasteiger partial charge on any atom is -0.492 e. The topological polar surface area (TPSA) is 132 Å². The lowest BCUT2D eigenvalue weighted by Gasteiger charge is -2.17. The van der Waals surface area contributed by atoms with Crippen molar-refractivity contribution >= 4 is 35.1 Å². The minimum atomic E-state index is -0.861. The molecule has 2 aromatic carbocycles. The van der Waals surface area contributed by atoms with Crippen LogP contribution in [0.4, 0.5) is 11.6 Å². The molecule has 1 heterocycles. The molecule has 0 saturated heterocycles. The van der Waals surface area contributed by atoms with Crippen LogP contribution in [0.15, 0.2) is 53.3 Å². The van der Waals surface area contributed by atoms with Crippen molar-refractivity contribution in [3.8, 4) is 11.6 Å². The third kappa shape index (κ3) is 6.98. The SMILES string of the molecule is COC(=O)CCNC(=O)c1c(O)nc(Nc2ccc(OC(C)C)cc2)n(Cc2ccc(Cl)cc2)c1=O. The summed E-state index contributed by atoms with van der Waals surface area (Å²) in [6, 6.07) is 13.8. The van der Waals surface area contributed by atoms with Gasteiger partial charge in [0.25, 0.3) is 11.5 Å². The zero-order valence-electron chi connectivity index (χ0n) is 20.1. The summed E-state index contributed by atoms with van der Waals surface area (Å²) in [7, 11) is 1.23. The summed E-state index contributed by atoms with van der Waals surface area (Å²) in [6.45, 7) is 3.80. The molecule has 11 heteroatoms. The van der Waals surface area contributed by atoms with Crippen LogP contribution in [-0.4, -0.2) is 46.3 Å². The Labute approximate surface area is 212 Å². The van der Waals surface area contributed by atoms with Gasteiger partial charge in [0.15, 0.2) is 5.56 Å². The van der Waals surface area contributed by atoms with E-state index in [9.17, 15) is 19.5 Å². The van der Waals surface area contributed by atoms with E-state index in [0.717, 1.165) is 5.56 Å². The van der Waals surface area contributed by atoms with Gasteiger partial charge in [-0.25, -0.2) is 0 Å². The first-order valence-electron chi connectivity index (χ1n) is 11.1. The summed E-state index contributed by atoms with van der Waals surface area (Å²) in [4.78, 5) is 41.4. The van der Waals surface area contributed by atoms with E-state index in [1.807, 2.05) is 13.8 Å². The number of benzene rings is 2. The number of aromatic nitrogens is 2. The van der Waals surface area contributed by atoms with Crippen LogP contribution in [-0.2, 0) is 16.1 Å². The molecular formula is C25H27ClN4O6. The molecule has 1 amide bonds. The van der Waals surface area contributed by atoms with Crippen LogP contribution in [0.3, 0.4) is 0 Å². The smallest absolute Gasteiger partial charge is 0.307 e. The first-order chi connectivity index (χ1) is 17.2. The van der Waals surface area contributed by atoms with Crippen molar-refractivity contribution in [1.82, 2.24) is 14.9 Å². The van der Waals surface area contributed by atoms with Crippen LogP contribution in [0.2, 0.25) is 5.02 Å². The van der Waals surface area contributed by atoms with Gasteiger partial charge in [-0.2, -0.15) is 4.98 Å². The highest BCUT2D eigenvalue weighted by atomic mass is 35.5. The third-order valence-electron chi connectivity index (χ3n) is 4.96. The molecular weight excluding hydrogens is 488 g/mol. The molecule has 0 radical (unpaired) electrons. The van der Waals surface area contributed by atoms with E-state index in [2.05, 4.69) is 20.4 Å². The van der Waals surface area contributed by atoms with Gasteiger partial charge in [-0.1, -0.05) is 23.7 Å². The number of nitrogens with zero attached hydrogens (tertiary/aromatic N) is 2. The fourth-order valence-electron chi connectivity index (χ4n) is 3.24. The monoisotopic (exact) mass is 514 g/mol. The molecule has 0 spiro atoms. The van der Waals surface area contributed by atoms with Crippen LogP contribution in [0.5, 0.6) is 11.6 Å². The van der Waals surface area contributed by atoms with E-state index >= 15 is 0 Å². The maximum Gasteiger partial charge on any atom is 0.307 e. The number of hydrogen-bond donors (Lipinski definition) is 3. The first-order valence-corrected chi connectivity index (χ1v) is 11.5. The maximum atomic E-state index is 13.4. The minimum absolute atomic E-state index is 0.0123. The Morgan fingerprint density at radius 2 is 1.78 bits per heavy atom. The van der Waals surface area contributed by atoms with E-state index in [-0.39, 0.29) is 31.6 Å². The summed E-state index contributed by atoms with van der Waals surface area (Å²) < 4.78 is 11.4. The van der Waals surface area contributed by atoms with Crippen molar-refractivity contribution in [3.05, 3.63) is 75.0 Å². The largest absolute Gasteiger partial charge is 0.492 e. The Morgan fingerprint density at radius 1 is 1.11 bits per heavy atom. The number of esters is 1. The number of carbonyl (C=O) groups excluding carboxylic acids is 2. The van der Waals surface area contributed by atoms with Crippen LogP contribution in [0, 0.1) is 0 Å². The number of anilines is 2. The lowest BCUT2D eigenvalue weighted by molar-refractivity contribution is -0.140. The second-order valence-electron chi connectivity index (χ2n) is 8.05. The van der Waals surface area contributed by atoms with E-state index < -0.39 is 28.9 Å². The third-order valence-corrected chi connectivity index (χ3v) is 5.21. The lowest BCUT2D eigenvalue weighted by atomic mass is 10.2. The molecule has 0 atom stereocenters. The van der Waals surface area contributed by atoms with Crippen LogP contribution >= 0.6 is 11.6 Å². The van der Waals surface area contributed by atoms with Gasteiger partial charge in [0.2, 0.25) is 11.8 Å². The molecule has 3 rings (SSSR count). The first kappa shape index (κ1) is 26.6. The predicted octanol–water partition coefficient (Wildman–Crippen LogP) is 3.47. The normalized spacial score (nSPS) is 10.7. The molecule has 3 aromatic rings. The van der Waals surface area contributed by atoms with E-state index in [1.165, 1.54) is 11.7 Å². The van der Waals surface area contributed by atoms with Gasteiger partial charge in [-0.05, 0) is 55.8 Å². The highest BCUT2D eigenvalue weighted by Gasteiger charge is 2.23. The average Bonchev–Trinajstić information content (AvgIpc) is 2.83. The highest BCUT2D eigenvalue weighted by molar-refractivity contribution is 6.30. The number of nitrogens with one attached hydrogen (secondary N) is 2. The van der Waals surface area contributed by atoms with Gasteiger partial charge in [-0.3, -0.25) is 19.0 Å². The van der Waals surface area contributed by atoms with Crippen LogP contribution in [0.1, 0.15) is 36.2 Å². The van der Waals surface area contributed by atoms with Gasteiger partial charge < -0.3 is 25.2 Å². The number of hydrogen-bond acceptors (Lipinski definition) is 8. The molecule has 3 N–H and O–H groups in total. The van der Waals surface area contributed by atoms with Crippen molar-refractivity contribution in [1.29, 1.82) is 0 Å². The number of rotatable bonds is 10. The van der Waals surface area contributed by atoms with Gasteiger partial charge in [-0.15, -0.1) is 0 Å². The molecule has 0 bridgehead atoms. The Bertz CT molecular complexity index is 1270. The average molecular weight is 515 g/mol. The van der Waals surface area contributed by atoms with Crippen molar-refractivity contribution < 1.29 is 24.2 Å². The molecule has 1 aromatic heterocycles. The fourth-order valence-corrected chi connectivity index (χ4v) is 3.37. The number of methoxy groups -OCH3 is 1. The van der Waals surface area contributed by atoms with Crippen LogP contribution < -0.4 is 20.9 Å². The fraction of sp³-hybridized carbons (Fsp3) is 0.280. The molecule has 190 valence electrons. The van der Waals surface area contributed by atoms with Gasteiger partial charge in [0, 0.05) is 17.3 Å². The maximum absolute atomic E-state index is 13.4. The summed E-state index contributed by atoms with van der Waals surface area (Å²) in [6.07, 6.45) is -0.0794. The molecule has 0 saturated carbocycles. The van der Waals surface area contributed by atoms with Gasteiger partial charge in [0.1, 0.15) is 5.75 Å². The van der Waals surface area contributed by atoms with Gasteiger partial charge in [0.05, 0.1) is 26.2 Å². The van der Waals surface area contributed by atoms with E-state index in [0.29, 0.717) is 16.5 Å². The second-order valence-corrected chi connectivity index (χ2v) is 8.49. The molecule has 0 aliphatic carbocycles. The molecule has 0 aliphatic heterocycles. The van der Waals surface area contributed by atoms with E-state index in [4.69, 9.17) is 16.3 Å². The summed E-state index contributed by atoms with van der Waals surface area (Å²) in [5.41, 5.74) is -0.0114. The molecule has 36 heavy (non-hydrogen) atoms. The molecule has 0 unspecified atom stereocenters. The number of carbonyl (C=O) groups is 2. The predicted molar refractivity (Wildman–Crippen MR) is 135 cm³/mol. The Hall–Kier alpha value is -4.05. The van der Waals surface area contributed by atoms with E-state index in [1.54, 1.807) is 48.5 Å². The Balaban J connectivity index is 1.95. The van der Waals surface area contributed by atoms with Crippen molar-refractivity contribution in [3.63, 3.8) is 0 Å².